The summed E-state index contributed by atoms with van der Waals surface area (Å²) < 4.78 is 11.2. The standard InChI is InChI=1S/C25H29N5O2.ClH/c1-17(2)31-23-7-6-21(15-22(23)16-27)25-28-24(29-32-25)20-5-4-18-8-12-30(11-3-10-26)13-9-19(18)14-20;/h4-7,14-15,17H,3,8-13,26H2,1-2H3;1H. The van der Waals surface area contributed by atoms with Gasteiger partial charge in [-0.05, 0) is 81.6 Å². The maximum Gasteiger partial charge on any atom is 0.258 e. The van der Waals surface area contributed by atoms with Gasteiger partial charge in [0, 0.05) is 24.2 Å². The summed E-state index contributed by atoms with van der Waals surface area (Å²) in [6.45, 7) is 7.75. The number of nitrogens with two attached hydrogens (primary N) is 1. The minimum Gasteiger partial charge on any atom is -0.490 e. The third-order valence-corrected chi connectivity index (χ3v) is 5.67. The second-order valence-electron chi connectivity index (χ2n) is 8.38. The Bertz CT molecular complexity index is 1120. The highest BCUT2D eigenvalue weighted by molar-refractivity contribution is 5.85. The molecule has 0 unspecified atom stereocenters. The van der Waals surface area contributed by atoms with Crippen molar-refractivity contribution in [2.24, 2.45) is 5.73 Å². The van der Waals surface area contributed by atoms with Gasteiger partial charge >= 0.3 is 0 Å². The lowest BCUT2D eigenvalue weighted by molar-refractivity contribution is 0.241. The van der Waals surface area contributed by atoms with Crippen molar-refractivity contribution in [3.63, 3.8) is 0 Å². The summed E-state index contributed by atoms with van der Waals surface area (Å²) in [7, 11) is 0. The third-order valence-electron chi connectivity index (χ3n) is 5.67. The molecule has 0 radical (unpaired) electrons. The summed E-state index contributed by atoms with van der Waals surface area (Å²) in [5.74, 6) is 1.49. The summed E-state index contributed by atoms with van der Waals surface area (Å²) in [5, 5.41) is 13.7. The molecule has 0 saturated heterocycles. The number of halogens is 1. The molecule has 174 valence electrons. The van der Waals surface area contributed by atoms with Crippen LogP contribution >= 0.6 is 12.4 Å². The highest BCUT2D eigenvalue weighted by Crippen LogP contribution is 2.29. The number of nitrogens with zero attached hydrogens (tertiary/aromatic N) is 4. The highest BCUT2D eigenvalue weighted by Gasteiger charge is 2.17. The van der Waals surface area contributed by atoms with E-state index in [1.807, 2.05) is 19.9 Å². The van der Waals surface area contributed by atoms with Crippen molar-refractivity contribution in [2.75, 3.05) is 26.2 Å². The Morgan fingerprint density at radius 1 is 1.12 bits per heavy atom. The fraction of sp³-hybridized carbons (Fsp3) is 0.400. The number of rotatable bonds is 7. The lowest BCUT2D eigenvalue weighted by Crippen LogP contribution is -2.28. The smallest absolute Gasteiger partial charge is 0.258 e. The Kier molecular flexibility index (Phi) is 8.45. The maximum atomic E-state index is 9.48. The molecule has 0 atom stereocenters. The lowest BCUT2D eigenvalue weighted by atomic mass is 10.00. The largest absolute Gasteiger partial charge is 0.490 e. The fourth-order valence-electron chi connectivity index (χ4n) is 4.01. The number of nitriles is 1. The zero-order valence-electron chi connectivity index (χ0n) is 19.1. The molecule has 0 bridgehead atoms. The van der Waals surface area contributed by atoms with Crippen LogP contribution in [0.1, 0.15) is 37.0 Å². The Morgan fingerprint density at radius 2 is 1.88 bits per heavy atom. The fourth-order valence-corrected chi connectivity index (χ4v) is 4.01. The van der Waals surface area contributed by atoms with Crippen LogP contribution in [0.4, 0.5) is 0 Å². The van der Waals surface area contributed by atoms with Gasteiger partial charge in [-0.25, -0.2) is 0 Å². The molecule has 1 aliphatic rings. The minimum atomic E-state index is -0.0103. The van der Waals surface area contributed by atoms with Crippen molar-refractivity contribution in [1.29, 1.82) is 5.26 Å². The summed E-state index contributed by atoms with van der Waals surface area (Å²) >= 11 is 0. The molecule has 0 spiro atoms. The number of hydrogen-bond acceptors (Lipinski definition) is 7. The van der Waals surface area contributed by atoms with E-state index in [0.717, 1.165) is 51.0 Å². The summed E-state index contributed by atoms with van der Waals surface area (Å²) in [5.41, 5.74) is 10.5. The van der Waals surface area contributed by atoms with Crippen LogP contribution in [0.25, 0.3) is 22.8 Å². The molecule has 8 heteroatoms. The Morgan fingerprint density at radius 3 is 2.61 bits per heavy atom. The molecule has 0 fully saturated rings. The van der Waals surface area contributed by atoms with E-state index in [2.05, 4.69) is 39.3 Å². The summed E-state index contributed by atoms with van der Waals surface area (Å²) in [6, 6.07) is 13.9. The van der Waals surface area contributed by atoms with Crippen LogP contribution < -0.4 is 10.5 Å². The molecule has 1 aliphatic heterocycles. The van der Waals surface area contributed by atoms with Crippen LogP contribution in [-0.2, 0) is 12.8 Å². The van der Waals surface area contributed by atoms with Gasteiger partial charge in [0.15, 0.2) is 0 Å². The molecule has 7 nitrogen and oxygen atoms in total. The molecule has 2 heterocycles. The lowest BCUT2D eigenvalue weighted by Gasteiger charge is -2.18. The zero-order chi connectivity index (χ0) is 22.5. The first-order valence-corrected chi connectivity index (χ1v) is 11.2. The second-order valence-corrected chi connectivity index (χ2v) is 8.38. The summed E-state index contributed by atoms with van der Waals surface area (Å²) in [4.78, 5) is 7.08. The number of aromatic nitrogens is 2. The average molecular weight is 468 g/mol. The SMILES string of the molecule is CC(C)Oc1ccc(-c2nc(-c3ccc4c(c3)CCN(CCCN)CC4)no2)cc1C#N.Cl. The van der Waals surface area contributed by atoms with Gasteiger partial charge in [-0.2, -0.15) is 10.2 Å². The third kappa shape index (κ3) is 5.91. The number of ether oxygens (including phenoxy) is 1. The molecule has 33 heavy (non-hydrogen) atoms. The topological polar surface area (TPSA) is 101 Å². The van der Waals surface area contributed by atoms with Crippen molar-refractivity contribution in [3.05, 3.63) is 53.1 Å². The van der Waals surface area contributed by atoms with Crippen molar-refractivity contribution in [3.8, 4) is 34.7 Å². The van der Waals surface area contributed by atoms with E-state index in [-0.39, 0.29) is 18.5 Å². The molecular weight excluding hydrogens is 438 g/mol. The Balaban J connectivity index is 0.00000306. The molecule has 4 rings (SSSR count). The van der Waals surface area contributed by atoms with Gasteiger partial charge in [-0.1, -0.05) is 17.3 Å². The first-order chi connectivity index (χ1) is 15.6. The number of fused-ring (bicyclic) bond motifs is 1. The quantitative estimate of drug-likeness (QED) is 0.554. The van der Waals surface area contributed by atoms with Crippen molar-refractivity contribution in [1.82, 2.24) is 15.0 Å². The molecule has 1 aromatic heterocycles. The van der Waals surface area contributed by atoms with E-state index in [1.54, 1.807) is 12.1 Å². The van der Waals surface area contributed by atoms with Crippen molar-refractivity contribution >= 4 is 12.4 Å². The Hall–Kier alpha value is -2.92. The normalized spacial score (nSPS) is 13.7. The van der Waals surface area contributed by atoms with Gasteiger partial charge in [-0.3, -0.25) is 0 Å². The molecule has 0 saturated carbocycles. The van der Waals surface area contributed by atoms with E-state index in [0.29, 0.717) is 28.6 Å². The van der Waals surface area contributed by atoms with Gasteiger partial charge in [0.05, 0.1) is 11.7 Å². The molecule has 0 aliphatic carbocycles. The monoisotopic (exact) mass is 467 g/mol. The van der Waals surface area contributed by atoms with Gasteiger partial charge in [0.1, 0.15) is 11.8 Å². The zero-order valence-corrected chi connectivity index (χ0v) is 19.9. The van der Waals surface area contributed by atoms with E-state index in [9.17, 15) is 5.26 Å². The second kappa shape index (κ2) is 11.3. The maximum absolute atomic E-state index is 9.48. The van der Waals surface area contributed by atoms with Gasteiger partial charge in [0.2, 0.25) is 5.82 Å². The predicted octanol–water partition coefficient (Wildman–Crippen LogP) is 4.23. The predicted molar refractivity (Wildman–Crippen MR) is 130 cm³/mol. The first kappa shape index (κ1) is 24.7. The molecule has 0 amide bonds. The molecule has 2 aromatic carbocycles. The van der Waals surface area contributed by atoms with Gasteiger partial charge < -0.3 is 19.9 Å². The van der Waals surface area contributed by atoms with Crippen LogP contribution in [0.15, 0.2) is 40.9 Å². The van der Waals surface area contributed by atoms with Crippen molar-refractivity contribution in [2.45, 2.75) is 39.2 Å². The van der Waals surface area contributed by atoms with Crippen LogP contribution in [0.5, 0.6) is 5.75 Å². The van der Waals surface area contributed by atoms with E-state index in [4.69, 9.17) is 15.0 Å². The number of hydrogen-bond donors (Lipinski definition) is 1. The van der Waals surface area contributed by atoms with Crippen molar-refractivity contribution < 1.29 is 9.26 Å². The average Bonchev–Trinajstić information content (AvgIpc) is 3.20. The van der Waals surface area contributed by atoms with Crippen LogP contribution in [0, 0.1) is 11.3 Å². The molecule has 3 aromatic rings. The van der Waals surface area contributed by atoms with Gasteiger partial charge in [0.25, 0.3) is 5.89 Å². The number of benzene rings is 2. The van der Waals surface area contributed by atoms with Crippen LogP contribution in [0.2, 0.25) is 0 Å². The van der Waals surface area contributed by atoms with Crippen LogP contribution in [0.3, 0.4) is 0 Å². The van der Waals surface area contributed by atoms with Crippen LogP contribution in [-0.4, -0.2) is 47.3 Å². The van der Waals surface area contributed by atoms with E-state index in [1.165, 1.54) is 11.1 Å². The van der Waals surface area contributed by atoms with E-state index < -0.39 is 0 Å². The highest BCUT2D eigenvalue weighted by atomic mass is 35.5. The molecule has 2 N–H and O–H groups in total. The minimum absolute atomic E-state index is 0. The first-order valence-electron chi connectivity index (χ1n) is 11.2. The van der Waals surface area contributed by atoms with E-state index >= 15 is 0 Å². The molecular formula is C25H30ClN5O2. The Labute approximate surface area is 200 Å². The van der Waals surface area contributed by atoms with Gasteiger partial charge in [-0.15, -0.1) is 12.4 Å². The summed E-state index contributed by atoms with van der Waals surface area (Å²) in [6.07, 6.45) is 3.07.